The van der Waals surface area contributed by atoms with Crippen LogP contribution >= 0.6 is 11.5 Å². The number of benzene rings is 3. The lowest BCUT2D eigenvalue weighted by atomic mass is 9.95. The first-order valence-electron chi connectivity index (χ1n) is 14.9. The molecular formula is C34H37N5O4S. The van der Waals surface area contributed by atoms with Gasteiger partial charge in [-0.25, -0.2) is 0 Å². The minimum atomic E-state index is -1.11. The van der Waals surface area contributed by atoms with Crippen molar-refractivity contribution in [2.24, 2.45) is 0 Å². The van der Waals surface area contributed by atoms with E-state index < -0.39 is 23.8 Å². The quantitative estimate of drug-likeness (QED) is 0.186. The number of carbonyl (C=O) groups is 3. The second-order valence-corrected chi connectivity index (χ2v) is 11.9. The molecule has 3 amide bonds. The lowest BCUT2D eigenvalue weighted by molar-refractivity contribution is -0.122. The average Bonchev–Trinajstić information content (AvgIpc) is 3.43. The van der Waals surface area contributed by atoms with Crippen LogP contribution < -0.4 is 21.3 Å². The van der Waals surface area contributed by atoms with Gasteiger partial charge in [0.15, 0.2) is 5.69 Å². The van der Waals surface area contributed by atoms with Crippen LogP contribution in [0, 0.1) is 6.92 Å². The monoisotopic (exact) mass is 611 g/mol. The van der Waals surface area contributed by atoms with Gasteiger partial charge in [0.05, 0.1) is 5.69 Å². The van der Waals surface area contributed by atoms with Crippen LogP contribution in [-0.2, 0) is 11.2 Å². The van der Waals surface area contributed by atoms with Crippen LogP contribution in [0.3, 0.4) is 0 Å². The number of phenolic OH excluding ortho intramolecular Hbond substituents is 1. The van der Waals surface area contributed by atoms with Gasteiger partial charge in [-0.05, 0) is 73.1 Å². The number of anilines is 2. The van der Waals surface area contributed by atoms with Gasteiger partial charge in [0.2, 0.25) is 5.91 Å². The normalized spacial score (nSPS) is 14.0. The lowest BCUT2D eigenvalue weighted by Crippen LogP contribution is -2.44. The topological polar surface area (TPSA) is 138 Å². The molecule has 0 unspecified atom stereocenters. The molecule has 1 fully saturated rings. The van der Waals surface area contributed by atoms with Gasteiger partial charge in [0, 0.05) is 18.3 Å². The predicted molar refractivity (Wildman–Crippen MR) is 173 cm³/mol. The van der Waals surface area contributed by atoms with Gasteiger partial charge in [-0.3, -0.25) is 19.3 Å². The summed E-state index contributed by atoms with van der Waals surface area (Å²) >= 11 is 0.844. The van der Waals surface area contributed by atoms with Crippen molar-refractivity contribution < 1.29 is 19.5 Å². The van der Waals surface area contributed by atoms with Gasteiger partial charge < -0.3 is 21.5 Å². The van der Waals surface area contributed by atoms with E-state index in [-0.39, 0.29) is 28.0 Å². The number of rotatable bonds is 10. The van der Waals surface area contributed by atoms with Crippen LogP contribution in [-0.4, -0.2) is 39.8 Å². The number of hydrogen-bond acceptors (Lipinski definition) is 7. The Bertz CT molecular complexity index is 1580. The molecule has 44 heavy (non-hydrogen) atoms. The zero-order chi connectivity index (χ0) is 31.1. The molecule has 1 atom stereocenters. The summed E-state index contributed by atoms with van der Waals surface area (Å²) in [5, 5.41) is 16.0. The second-order valence-electron chi connectivity index (χ2n) is 11.1. The fraction of sp³-hybridized carbons (Fsp3) is 0.294. The summed E-state index contributed by atoms with van der Waals surface area (Å²) in [4.78, 5) is 43.0. The first-order valence-corrected chi connectivity index (χ1v) is 15.7. The number of amides is 3. The summed E-state index contributed by atoms with van der Waals surface area (Å²) in [5.41, 5.74) is 9.45. The van der Waals surface area contributed by atoms with E-state index in [9.17, 15) is 19.5 Å². The maximum absolute atomic E-state index is 14.4. The fourth-order valence-electron chi connectivity index (χ4n) is 5.46. The Balaban J connectivity index is 1.48. The maximum Gasteiger partial charge on any atom is 0.273 e. The highest BCUT2D eigenvalue weighted by atomic mass is 32.1. The number of nitrogens with two attached hydrogens (primary N) is 1. The highest BCUT2D eigenvalue weighted by molar-refractivity contribution is 7.09. The molecule has 1 aromatic heterocycles. The van der Waals surface area contributed by atoms with Gasteiger partial charge in [0.1, 0.15) is 16.7 Å². The van der Waals surface area contributed by atoms with E-state index in [1.54, 1.807) is 24.3 Å². The average molecular weight is 612 g/mol. The summed E-state index contributed by atoms with van der Waals surface area (Å²) in [7, 11) is 0. The molecule has 0 spiro atoms. The van der Waals surface area contributed by atoms with Gasteiger partial charge >= 0.3 is 0 Å². The van der Waals surface area contributed by atoms with Crippen molar-refractivity contribution in [3.8, 4) is 5.75 Å². The molecule has 0 saturated heterocycles. The molecular weight excluding hydrogens is 574 g/mol. The number of phenols is 1. The molecule has 1 saturated carbocycles. The van der Waals surface area contributed by atoms with E-state index in [1.807, 2.05) is 49.4 Å². The number of carbonyl (C=O) groups excluding carboxylic acids is 3. The molecule has 3 aromatic carbocycles. The molecule has 5 N–H and O–H groups in total. The number of hydrogen-bond donors (Lipinski definition) is 4. The summed E-state index contributed by atoms with van der Waals surface area (Å²) in [6, 6.07) is 22.2. The van der Waals surface area contributed by atoms with Crippen LogP contribution in [0.1, 0.15) is 75.0 Å². The Hall–Kier alpha value is -4.70. The van der Waals surface area contributed by atoms with Crippen molar-refractivity contribution >= 4 is 40.6 Å². The summed E-state index contributed by atoms with van der Waals surface area (Å²) < 4.78 is 4.29. The van der Waals surface area contributed by atoms with Crippen LogP contribution in [0.2, 0.25) is 0 Å². The van der Waals surface area contributed by atoms with Crippen LogP contribution in [0.25, 0.3) is 0 Å². The Kier molecular flexibility index (Phi) is 9.91. The van der Waals surface area contributed by atoms with E-state index >= 15 is 0 Å². The summed E-state index contributed by atoms with van der Waals surface area (Å²) in [5.74, 6) is -1.33. The molecule has 0 radical (unpaired) electrons. The Morgan fingerprint density at radius 1 is 0.977 bits per heavy atom. The molecule has 228 valence electrons. The van der Waals surface area contributed by atoms with Crippen molar-refractivity contribution in [2.75, 3.05) is 17.2 Å². The fourth-order valence-corrected chi connectivity index (χ4v) is 6.20. The van der Waals surface area contributed by atoms with Crippen molar-refractivity contribution in [2.45, 2.75) is 57.5 Å². The number of aromatic nitrogens is 1. The largest absolute Gasteiger partial charge is 0.508 e. The SMILES string of the molecule is Cc1ccc(N(C(=O)c2snc(C(=O)NC3CCCCC3)c2N)[C@@H](C(=O)NCCc2ccccc2)c2ccc(O)cc2)cc1. The highest BCUT2D eigenvalue weighted by Gasteiger charge is 2.36. The lowest BCUT2D eigenvalue weighted by Gasteiger charge is -2.31. The molecule has 5 rings (SSSR count). The molecule has 0 aliphatic heterocycles. The number of aromatic hydroxyl groups is 1. The third kappa shape index (κ3) is 7.26. The zero-order valence-corrected chi connectivity index (χ0v) is 25.5. The third-order valence-electron chi connectivity index (χ3n) is 7.88. The first kappa shape index (κ1) is 30.7. The van der Waals surface area contributed by atoms with Gasteiger partial charge in [-0.1, -0.05) is 79.4 Å². The standard InChI is InChI=1S/C34H37N5O4S/c1-22-12-16-26(17-13-22)39(34(43)31-28(35)29(38-44-31)32(41)37-25-10-6-3-7-11-25)30(24-14-18-27(40)19-15-24)33(42)36-21-20-23-8-4-2-5-9-23/h2,4-5,8-9,12-19,25,30,40H,3,6-7,10-11,20-21,35H2,1H3,(H,36,42)(H,37,41)/t30-/m1/s1. The van der Waals surface area contributed by atoms with Crippen molar-refractivity contribution in [3.63, 3.8) is 0 Å². The highest BCUT2D eigenvalue weighted by Crippen LogP contribution is 2.34. The summed E-state index contributed by atoms with van der Waals surface area (Å²) in [6.07, 6.45) is 5.67. The zero-order valence-electron chi connectivity index (χ0n) is 24.7. The first-order chi connectivity index (χ1) is 21.3. The van der Waals surface area contributed by atoms with Crippen molar-refractivity contribution in [1.29, 1.82) is 0 Å². The van der Waals surface area contributed by atoms with Gasteiger partial charge in [0.25, 0.3) is 11.8 Å². The van der Waals surface area contributed by atoms with Crippen molar-refractivity contribution in [3.05, 3.63) is 106 Å². The number of aryl methyl sites for hydroxylation is 1. The van der Waals surface area contributed by atoms with E-state index in [2.05, 4.69) is 15.0 Å². The predicted octanol–water partition coefficient (Wildman–Crippen LogP) is 5.55. The van der Waals surface area contributed by atoms with E-state index in [1.165, 1.54) is 17.0 Å². The third-order valence-corrected chi connectivity index (χ3v) is 8.73. The van der Waals surface area contributed by atoms with Crippen LogP contribution in [0.5, 0.6) is 5.75 Å². The number of nitrogens with zero attached hydrogens (tertiary/aromatic N) is 2. The molecule has 9 nitrogen and oxygen atoms in total. The van der Waals surface area contributed by atoms with E-state index in [4.69, 9.17) is 5.73 Å². The van der Waals surface area contributed by atoms with Crippen molar-refractivity contribution in [1.82, 2.24) is 15.0 Å². The molecule has 4 aromatic rings. The molecule has 1 aliphatic rings. The number of nitrogens with one attached hydrogen (secondary N) is 2. The molecule has 1 aliphatic carbocycles. The minimum absolute atomic E-state index is 0.0145. The van der Waals surface area contributed by atoms with E-state index in [0.29, 0.717) is 24.2 Å². The van der Waals surface area contributed by atoms with Gasteiger partial charge in [-0.15, -0.1) is 0 Å². The molecule has 1 heterocycles. The van der Waals surface area contributed by atoms with E-state index in [0.717, 1.165) is 54.8 Å². The Morgan fingerprint density at radius 3 is 2.34 bits per heavy atom. The summed E-state index contributed by atoms with van der Waals surface area (Å²) in [6.45, 7) is 2.28. The second kappa shape index (κ2) is 14.2. The maximum atomic E-state index is 14.4. The van der Waals surface area contributed by atoms with Crippen LogP contribution in [0.4, 0.5) is 11.4 Å². The Labute approximate surface area is 261 Å². The molecule has 0 bridgehead atoms. The smallest absolute Gasteiger partial charge is 0.273 e. The number of nitrogen functional groups attached to an aromatic ring is 1. The Morgan fingerprint density at radius 2 is 1.66 bits per heavy atom. The minimum Gasteiger partial charge on any atom is -0.508 e. The van der Waals surface area contributed by atoms with Gasteiger partial charge in [-0.2, -0.15) is 4.37 Å². The van der Waals surface area contributed by atoms with Crippen LogP contribution in [0.15, 0.2) is 78.9 Å². The molecule has 10 heteroatoms.